The largest absolute Gasteiger partial charge is 0.482 e. The number of halogens is 4. The van der Waals surface area contributed by atoms with Crippen molar-refractivity contribution in [3.8, 4) is 5.75 Å². The van der Waals surface area contributed by atoms with E-state index in [4.69, 9.17) is 21.1 Å². The number of rotatable bonds is 4. The van der Waals surface area contributed by atoms with Crippen LogP contribution in [0.5, 0.6) is 5.75 Å². The van der Waals surface area contributed by atoms with Crippen LogP contribution in [0.1, 0.15) is 19.3 Å². The van der Waals surface area contributed by atoms with Gasteiger partial charge in [-0.3, -0.25) is 9.59 Å². The van der Waals surface area contributed by atoms with E-state index in [9.17, 15) is 22.8 Å². The summed E-state index contributed by atoms with van der Waals surface area (Å²) < 4.78 is 48.8. The summed E-state index contributed by atoms with van der Waals surface area (Å²) in [5.74, 6) is -0.724. The van der Waals surface area contributed by atoms with Gasteiger partial charge in [-0.25, -0.2) is 0 Å². The van der Waals surface area contributed by atoms with E-state index in [1.807, 2.05) is 0 Å². The number of amides is 2. The first-order valence-electron chi connectivity index (χ1n) is 9.31. The summed E-state index contributed by atoms with van der Waals surface area (Å²) in [6.07, 6.45) is -5.10. The molecule has 0 unspecified atom stereocenters. The van der Waals surface area contributed by atoms with Gasteiger partial charge in [-0.1, -0.05) is 23.7 Å². The Morgan fingerprint density at radius 3 is 2.45 bits per heavy atom. The summed E-state index contributed by atoms with van der Waals surface area (Å²) in [5.41, 5.74) is -0.708. The van der Waals surface area contributed by atoms with Gasteiger partial charge in [0.1, 0.15) is 12.2 Å². The molecule has 1 aromatic rings. The normalized spacial score (nSPS) is 19.3. The van der Waals surface area contributed by atoms with Gasteiger partial charge in [0, 0.05) is 26.2 Å². The number of carbonyl (C=O) groups excluding carboxylic acids is 2. The first-order valence-corrected chi connectivity index (χ1v) is 9.69. The summed E-state index contributed by atoms with van der Waals surface area (Å²) in [4.78, 5) is 27.2. The molecule has 2 heterocycles. The minimum absolute atomic E-state index is 0.111. The molecule has 0 saturated carbocycles. The molecule has 1 aromatic carbocycles. The number of benzene rings is 1. The maximum absolute atomic E-state index is 12.5. The monoisotopic (exact) mass is 434 g/mol. The van der Waals surface area contributed by atoms with E-state index >= 15 is 0 Å². The van der Waals surface area contributed by atoms with Gasteiger partial charge < -0.3 is 19.3 Å². The van der Waals surface area contributed by atoms with Gasteiger partial charge in [0.15, 0.2) is 6.61 Å². The van der Waals surface area contributed by atoms with Crippen LogP contribution in [0.2, 0.25) is 5.02 Å². The van der Waals surface area contributed by atoms with E-state index in [0.29, 0.717) is 36.7 Å². The predicted molar refractivity (Wildman–Crippen MR) is 98.7 cm³/mol. The van der Waals surface area contributed by atoms with Crippen LogP contribution in [0.4, 0.5) is 13.2 Å². The molecule has 0 aromatic heterocycles. The SMILES string of the molecule is O=C(COc1ccccc1Cl)N1CCC2(CC1)CN(C(=O)CC(F)(F)F)CCO2. The highest BCUT2D eigenvalue weighted by atomic mass is 35.5. The third-order valence-electron chi connectivity index (χ3n) is 5.17. The van der Waals surface area contributed by atoms with Crippen LogP contribution in [-0.2, 0) is 14.3 Å². The Hall–Kier alpha value is -2.00. The molecule has 2 amide bonds. The van der Waals surface area contributed by atoms with Crippen molar-refractivity contribution >= 4 is 23.4 Å². The van der Waals surface area contributed by atoms with Gasteiger partial charge in [-0.15, -0.1) is 0 Å². The topological polar surface area (TPSA) is 59.1 Å². The lowest BCUT2D eigenvalue weighted by atomic mass is 9.89. The molecule has 29 heavy (non-hydrogen) atoms. The highest BCUT2D eigenvalue weighted by Gasteiger charge is 2.43. The zero-order chi connectivity index (χ0) is 21.1. The Morgan fingerprint density at radius 2 is 1.79 bits per heavy atom. The average molecular weight is 435 g/mol. The summed E-state index contributed by atoms with van der Waals surface area (Å²) in [5, 5.41) is 0.414. The van der Waals surface area contributed by atoms with Gasteiger partial charge >= 0.3 is 6.18 Å². The van der Waals surface area contributed by atoms with E-state index in [0.717, 1.165) is 0 Å². The van der Waals surface area contributed by atoms with Gasteiger partial charge in [-0.05, 0) is 25.0 Å². The van der Waals surface area contributed by atoms with Crippen molar-refractivity contribution in [3.63, 3.8) is 0 Å². The molecule has 10 heteroatoms. The summed E-state index contributed by atoms with van der Waals surface area (Å²) in [6.45, 7) is 1.05. The number of hydrogen-bond donors (Lipinski definition) is 0. The first-order chi connectivity index (χ1) is 13.7. The number of nitrogens with zero attached hydrogens (tertiary/aromatic N) is 2. The van der Waals surface area contributed by atoms with Crippen LogP contribution >= 0.6 is 11.6 Å². The number of likely N-dealkylation sites (tertiary alicyclic amines) is 1. The maximum atomic E-state index is 12.5. The highest BCUT2D eigenvalue weighted by molar-refractivity contribution is 6.32. The van der Waals surface area contributed by atoms with E-state index < -0.39 is 24.1 Å². The Labute approximate surface area is 171 Å². The molecule has 0 atom stereocenters. The van der Waals surface area contributed by atoms with Gasteiger partial charge in [0.25, 0.3) is 5.91 Å². The Kier molecular flexibility index (Phi) is 6.58. The van der Waals surface area contributed by atoms with Crippen LogP contribution < -0.4 is 4.74 Å². The molecular formula is C19H22ClF3N2O4. The zero-order valence-corrected chi connectivity index (χ0v) is 16.5. The smallest absolute Gasteiger partial charge is 0.397 e. The highest BCUT2D eigenvalue weighted by Crippen LogP contribution is 2.32. The van der Waals surface area contributed by atoms with Crippen LogP contribution in [0, 0.1) is 0 Å². The molecule has 2 aliphatic rings. The maximum Gasteiger partial charge on any atom is 0.397 e. The number of para-hydroxylation sites is 1. The molecule has 0 bridgehead atoms. The summed E-state index contributed by atoms with van der Waals surface area (Å²) in [6, 6.07) is 6.85. The molecule has 3 rings (SSSR count). The van der Waals surface area contributed by atoms with E-state index in [-0.39, 0.29) is 32.2 Å². The Morgan fingerprint density at radius 1 is 1.10 bits per heavy atom. The van der Waals surface area contributed by atoms with Crippen molar-refractivity contribution in [2.75, 3.05) is 39.4 Å². The van der Waals surface area contributed by atoms with Crippen molar-refractivity contribution in [2.45, 2.75) is 31.0 Å². The summed E-state index contributed by atoms with van der Waals surface area (Å²) in [7, 11) is 0. The van der Waals surface area contributed by atoms with Crippen LogP contribution in [0.25, 0.3) is 0 Å². The molecule has 2 saturated heterocycles. The molecule has 0 aliphatic carbocycles. The minimum Gasteiger partial charge on any atom is -0.482 e. The second kappa shape index (κ2) is 8.79. The standard InChI is InChI=1S/C19H22ClF3N2O4/c20-14-3-1-2-4-15(14)28-12-17(27)24-7-5-18(6-8-24)13-25(9-10-29-18)16(26)11-19(21,22)23/h1-4H,5-13H2. The van der Waals surface area contributed by atoms with Gasteiger partial charge in [0.2, 0.25) is 5.91 Å². The van der Waals surface area contributed by atoms with Crippen LogP contribution in [0.3, 0.4) is 0 Å². The average Bonchev–Trinajstić information content (AvgIpc) is 2.66. The molecule has 2 fully saturated rings. The van der Waals surface area contributed by atoms with E-state index in [2.05, 4.69) is 0 Å². The van der Waals surface area contributed by atoms with Gasteiger partial charge in [-0.2, -0.15) is 13.2 Å². The third-order valence-corrected chi connectivity index (χ3v) is 5.48. The third kappa shape index (κ3) is 5.76. The second-order valence-electron chi connectivity index (χ2n) is 7.24. The molecule has 2 aliphatic heterocycles. The fourth-order valence-electron chi connectivity index (χ4n) is 3.60. The summed E-state index contributed by atoms with van der Waals surface area (Å²) >= 11 is 6.00. The minimum atomic E-state index is -4.53. The van der Waals surface area contributed by atoms with E-state index in [1.165, 1.54) is 4.90 Å². The molecule has 1 spiro atoms. The van der Waals surface area contributed by atoms with Crippen molar-refractivity contribution in [1.29, 1.82) is 0 Å². The van der Waals surface area contributed by atoms with Crippen molar-refractivity contribution in [3.05, 3.63) is 29.3 Å². The number of piperidine rings is 1. The van der Waals surface area contributed by atoms with Gasteiger partial charge in [0.05, 0.1) is 17.2 Å². The predicted octanol–water partition coefficient (Wildman–Crippen LogP) is 2.89. The van der Waals surface area contributed by atoms with Crippen LogP contribution in [0.15, 0.2) is 24.3 Å². The Bertz CT molecular complexity index is 751. The first kappa shape index (κ1) is 21.7. The number of carbonyl (C=O) groups is 2. The lowest BCUT2D eigenvalue weighted by molar-refractivity contribution is -0.178. The van der Waals surface area contributed by atoms with Crippen molar-refractivity contribution in [2.24, 2.45) is 0 Å². The number of alkyl halides is 3. The lowest BCUT2D eigenvalue weighted by Crippen LogP contribution is -2.59. The number of ether oxygens (including phenoxy) is 2. The molecule has 0 N–H and O–H groups in total. The van der Waals surface area contributed by atoms with E-state index in [1.54, 1.807) is 29.2 Å². The molecule has 0 radical (unpaired) electrons. The number of hydrogen-bond acceptors (Lipinski definition) is 4. The molecular weight excluding hydrogens is 413 g/mol. The van der Waals surface area contributed by atoms with Crippen molar-refractivity contribution < 1.29 is 32.2 Å². The number of morpholine rings is 1. The molecule has 6 nitrogen and oxygen atoms in total. The fourth-order valence-corrected chi connectivity index (χ4v) is 3.79. The molecule has 160 valence electrons. The fraction of sp³-hybridized carbons (Fsp3) is 0.579. The lowest BCUT2D eigenvalue weighted by Gasteiger charge is -2.47. The van der Waals surface area contributed by atoms with Crippen molar-refractivity contribution in [1.82, 2.24) is 9.80 Å². The Balaban J connectivity index is 1.50. The second-order valence-corrected chi connectivity index (χ2v) is 7.65. The quantitative estimate of drug-likeness (QED) is 0.731. The zero-order valence-electron chi connectivity index (χ0n) is 15.7. The van der Waals surface area contributed by atoms with Crippen LogP contribution in [-0.4, -0.2) is 72.8 Å².